The van der Waals surface area contributed by atoms with Gasteiger partial charge in [0.05, 0.1) is 17.7 Å². The van der Waals surface area contributed by atoms with Crippen LogP contribution in [0.4, 0.5) is 5.69 Å². The van der Waals surface area contributed by atoms with Crippen LogP contribution < -0.4 is 14.4 Å². The number of carbonyl (C=O) groups excluding carboxylic acids is 2. The number of hydrogen-bond donors (Lipinski definition) is 1. The van der Waals surface area contributed by atoms with E-state index in [1.807, 2.05) is 45.0 Å². The number of hydrogen-bond acceptors (Lipinski definition) is 5. The molecule has 42 heavy (non-hydrogen) atoms. The monoisotopic (exact) mass is 591 g/mol. The molecule has 1 aliphatic rings. The second-order valence-corrected chi connectivity index (χ2v) is 12.8. The Bertz CT molecular complexity index is 1470. The van der Waals surface area contributed by atoms with E-state index in [0.29, 0.717) is 17.9 Å². The third kappa shape index (κ3) is 7.31. The Morgan fingerprint density at radius 2 is 1.64 bits per heavy atom. The number of anilines is 1. The van der Waals surface area contributed by atoms with Gasteiger partial charge in [0.15, 0.2) is 0 Å². The number of carbonyl (C=O) groups is 2. The number of methoxy groups -OCH3 is 1. The smallest absolute Gasteiger partial charge is 0.264 e. The fourth-order valence-corrected chi connectivity index (χ4v) is 6.93. The number of nitrogens with zero attached hydrogens (tertiary/aromatic N) is 2. The molecule has 1 fully saturated rings. The highest BCUT2D eigenvalue weighted by Gasteiger charge is 2.35. The van der Waals surface area contributed by atoms with Gasteiger partial charge in [-0.25, -0.2) is 8.42 Å². The number of rotatable bonds is 12. The molecule has 1 atom stereocenters. The average Bonchev–Trinajstić information content (AvgIpc) is 3.50. The normalized spacial score (nSPS) is 14.3. The maximum Gasteiger partial charge on any atom is 0.264 e. The van der Waals surface area contributed by atoms with Crippen molar-refractivity contribution in [1.82, 2.24) is 10.2 Å². The van der Waals surface area contributed by atoms with Gasteiger partial charge in [-0.05, 0) is 80.1 Å². The first-order chi connectivity index (χ1) is 20.1. The molecular formula is C33H41N3O5S. The molecule has 224 valence electrons. The van der Waals surface area contributed by atoms with E-state index in [0.717, 1.165) is 42.4 Å². The van der Waals surface area contributed by atoms with Gasteiger partial charge < -0.3 is 15.0 Å². The van der Waals surface area contributed by atoms with Crippen molar-refractivity contribution in [3.8, 4) is 5.75 Å². The Labute approximate surface area is 249 Å². The van der Waals surface area contributed by atoms with Crippen LogP contribution in [0.25, 0.3) is 0 Å². The molecule has 0 saturated heterocycles. The molecule has 2 amide bonds. The molecule has 3 aromatic rings. The van der Waals surface area contributed by atoms with Gasteiger partial charge in [0.1, 0.15) is 18.3 Å². The molecule has 1 aliphatic carbocycles. The molecule has 0 heterocycles. The zero-order valence-electron chi connectivity index (χ0n) is 24.9. The summed E-state index contributed by atoms with van der Waals surface area (Å²) < 4.78 is 34.6. The molecule has 1 N–H and O–H groups in total. The molecule has 9 heteroatoms. The van der Waals surface area contributed by atoms with Crippen molar-refractivity contribution in [2.45, 2.75) is 76.4 Å². The molecule has 1 saturated carbocycles. The van der Waals surface area contributed by atoms with Gasteiger partial charge in [-0.3, -0.25) is 13.9 Å². The molecule has 0 aromatic heterocycles. The molecular weight excluding hydrogens is 550 g/mol. The van der Waals surface area contributed by atoms with E-state index < -0.39 is 28.5 Å². The number of nitrogens with one attached hydrogen (secondary N) is 1. The van der Waals surface area contributed by atoms with E-state index in [9.17, 15) is 18.0 Å². The van der Waals surface area contributed by atoms with E-state index in [1.165, 1.54) is 21.3 Å². The topological polar surface area (TPSA) is 96.0 Å². The van der Waals surface area contributed by atoms with Crippen molar-refractivity contribution in [2.24, 2.45) is 0 Å². The second-order valence-electron chi connectivity index (χ2n) is 10.9. The minimum atomic E-state index is -4.11. The predicted octanol–water partition coefficient (Wildman–Crippen LogP) is 5.37. The molecule has 0 spiro atoms. The van der Waals surface area contributed by atoms with Gasteiger partial charge >= 0.3 is 0 Å². The molecule has 4 rings (SSSR count). The lowest BCUT2D eigenvalue weighted by molar-refractivity contribution is -0.140. The molecule has 0 radical (unpaired) electrons. The highest BCUT2D eigenvalue weighted by atomic mass is 32.2. The van der Waals surface area contributed by atoms with Crippen molar-refractivity contribution < 1.29 is 22.7 Å². The minimum Gasteiger partial charge on any atom is -0.497 e. The van der Waals surface area contributed by atoms with Gasteiger partial charge in [-0.15, -0.1) is 0 Å². The van der Waals surface area contributed by atoms with Crippen LogP contribution in [0.3, 0.4) is 0 Å². The van der Waals surface area contributed by atoms with Crippen molar-refractivity contribution in [3.63, 3.8) is 0 Å². The lowest BCUT2D eigenvalue weighted by Gasteiger charge is -2.34. The largest absolute Gasteiger partial charge is 0.497 e. The zero-order valence-corrected chi connectivity index (χ0v) is 25.7. The fourth-order valence-electron chi connectivity index (χ4n) is 5.44. The average molecular weight is 592 g/mol. The van der Waals surface area contributed by atoms with E-state index in [2.05, 4.69) is 5.32 Å². The maximum absolute atomic E-state index is 14.3. The van der Waals surface area contributed by atoms with Crippen LogP contribution in [-0.4, -0.2) is 50.9 Å². The predicted molar refractivity (Wildman–Crippen MR) is 165 cm³/mol. The number of benzene rings is 3. The third-order valence-corrected chi connectivity index (χ3v) is 9.62. The first-order valence-electron chi connectivity index (χ1n) is 14.5. The zero-order chi connectivity index (χ0) is 30.3. The van der Waals surface area contributed by atoms with Gasteiger partial charge in [-0.2, -0.15) is 0 Å². The Hall–Kier alpha value is -3.85. The number of amides is 2. The highest BCUT2D eigenvalue weighted by Crippen LogP contribution is 2.29. The summed E-state index contributed by atoms with van der Waals surface area (Å²) in [5.74, 6) is 0.00723. The van der Waals surface area contributed by atoms with Crippen LogP contribution in [0.1, 0.15) is 55.7 Å². The van der Waals surface area contributed by atoms with Crippen molar-refractivity contribution in [2.75, 3.05) is 18.0 Å². The molecule has 0 bridgehead atoms. The first kappa shape index (κ1) is 31.1. The van der Waals surface area contributed by atoms with Crippen molar-refractivity contribution >= 4 is 27.5 Å². The van der Waals surface area contributed by atoms with E-state index in [-0.39, 0.29) is 23.4 Å². The summed E-state index contributed by atoms with van der Waals surface area (Å²) in [5, 5.41) is 3.14. The number of sulfonamides is 1. The summed E-state index contributed by atoms with van der Waals surface area (Å²) in [4.78, 5) is 29.5. The van der Waals surface area contributed by atoms with E-state index >= 15 is 0 Å². The molecule has 0 unspecified atom stereocenters. The Kier molecular flexibility index (Phi) is 10.3. The van der Waals surface area contributed by atoms with Gasteiger partial charge in [0.25, 0.3) is 10.0 Å². The lowest BCUT2D eigenvalue weighted by Crippen LogP contribution is -2.53. The SMILES string of the molecule is CC[C@@H](C(=O)NC1CCCC1)N(Cc1ccc(OC)cc1)C(=O)CN(c1cc(C)ccc1C)S(=O)(=O)c1ccccc1. The number of ether oxygens (including phenoxy) is 1. The van der Waals surface area contributed by atoms with E-state index in [1.54, 1.807) is 43.5 Å². The number of aryl methyl sites for hydroxylation is 2. The second kappa shape index (κ2) is 13.9. The summed E-state index contributed by atoms with van der Waals surface area (Å²) in [5.41, 5.74) is 2.83. The maximum atomic E-state index is 14.3. The summed E-state index contributed by atoms with van der Waals surface area (Å²) >= 11 is 0. The summed E-state index contributed by atoms with van der Waals surface area (Å²) in [6.45, 7) is 5.27. The van der Waals surface area contributed by atoms with Gasteiger partial charge in [0, 0.05) is 12.6 Å². The van der Waals surface area contributed by atoms with Crippen LogP contribution in [0.2, 0.25) is 0 Å². The Morgan fingerprint density at radius 1 is 0.976 bits per heavy atom. The highest BCUT2D eigenvalue weighted by molar-refractivity contribution is 7.92. The van der Waals surface area contributed by atoms with Crippen molar-refractivity contribution in [1.29, 1.82) is 0 Å². The van der Waals surface area contributed by atoms with Crippen LogP contribution in [0.15, 0.2) is 77.7 Å². The Morgan fingerprint density at radius 3 is 2.26 bits per heavy atom. The summed E-state index contributed by atoms with van der Waals surface area (Å²) in [6.07, 6.45) is 4.36. The van der Waals surface area contributed by atoms with Crippen LogP contribution in [0.5, 0.6) is 5.75 Å². The fraction of sp³-hybridized carbons (Fsp3) is 0.394. The van der Waals surface area contributed by atoms with Crippen molar-refractivity contribution in [3.05, 3.63) is 89.5 Å². The minimum absolute atomic E-state index is 0.0893. The van der Waals surface area contributed by atoms with Gasteiger partial charge in [0.2, 0.25) is 11.8 Å². The molecule has 0 aliphatic heterocycles. The Balaban J connectivity index is 1.73. The van der Waals surface area contributed by atoms with Gasteiger partial charge in [-0.1, -0.05) is 62.2 Å². The first-order valence-corrected chi connectivity index (χ1v) is 16.0. The van der Waals surface area contributed by atoms with Crippen LogP contribution in [-0.2, 0) is 26.2 Å². The quantitative estimate of drug-likeness (QED) is 0.305. The summed E-state index contributed by atoms with van der Waals surface area (Å²) in [6, 6.07) is 20.3. The molecule has 3 aromatic carbocycles. The van der Waals surface area contributed by atoms with E-state index in [4.69, 9.17) is 4.74 Å². The van der Waals surface area contributed by atoms with Crippen LogP contribution in [0, 0.1) is 13.8 Å². The standard InChI is InChI=1S/C33H41N3O5S/c1-5-30(33(38)34-27-11-9-10-12-27)35(22-26-17-19-28(41-4)20-18-26)32(37)23-36(31-21-24(2)15-16-25(31)3)42(39,40)29-13-7-6-8-14-29/h6-8,13-21,27,30H,5,9-12,22-23H2,1-4H3,(H,34,38)/t30-/m0/s1. The lowest BCUT2D eigenvalue weighted by atomic mass is 10.1. The summed E-state index contributed by atoms with van der Waals surface area (Å²) in [7, 11) is -2.52. The molecule has 8 nitrogen and oxygen atoms in total. The van der Waals surface area contributed by atoms with Crippen LogP contribution >= 0.6 is 0 Å². The third-order valence-electron chi connectivity index (χ3n) is 7.84.